The normalized spacial score (nSPS) is 12.8. The number of fused-ring (bicyclic) bond motifs is 1. The molecule has 1 aliphatic heterocycles. The van der Waals surface area contributed by atoms with E-state index in [0.717, 1.165) is 22.3 Å². The molecule has 1 heterocycles. The van der Waals surface area contributed by atoms with E-state index in [2.05, 4.69) is 10.6 Å². The van der Waals surface area contributed by atoms with Crippen LogP contribution in [0.25, 0.3) is 6.08 Å². The van der Waals surface area contributed by atoms with Gasteiger partial charge in [0, 0.05) is 18.7 Å². The molecule has 0 bridgehead atoms. The van der Waals surface area contributed by atoms with Gasteiger partial charge in [-0.25, -0.2) is 4.79 Å². The Labute approximate surface area is 140 Å². The summed E-state index contributed by atoms with van der Waals surface area (Å²) in [6, 6.07) is 15.2. The molecule has 5 nitrogen and oxygen atoms in total. The lowest BCUT2D eigenvalue weighted by Crippen LogP contribution is -2.24. The highest BCUT2D eigenvalue weighted by Crippen LogP contribution is 2.17. The molecule has 5 heteroatoms. The standard InChI is InChI=1S/C19H18N2O3/c22-18-17-9-8-14(11-16(17)12-21-18)7-4-10-20-19(23)24-13-15-5-2-1-3-6-15/h1-9,11H,10,12-13H2,(H,20,23)(H,21,22). The van der Waals surface area contributed by atoms with Gasteiger partial charge < -0.3 is 15.4 Å². The van der Waals surface area contributed by atoms with E-state index in [-0.39, 0.29) is 12.5 Å². The molecule has 1 aliphatic rings. The predicted molar refractivity (Wildman–Crippen MR) is 91.3 cm³/mol. The van der Waals surface area contributed by atoms with Crippen molar-refractivity contribution in [1.29, 1.82) is 0 Å². The van der Waals surface area contributed by atoms with Crippen molar-refractivity contribution in [2.24, 2.45) is 0 Å². The number of ether oxygens (including phenoxy) is 1. The number of nitrogens with one attached hydrogen (secondary N) is 2. The third kappa shape index (κ3) is 4.01. The molecule has 0 radical (unpaired) electrons. The summed E-state index contributed by atoms with van der Waals surface area (Å²) >= 11 is 0. The number of carbonyl (C=O) groups excluding carboxylic acids is 2. The van der Waals surface area contributed by atoms with E-state index in [1.807, 2.05) is 60.7 Å². The van der Waals surface area contributed by atoms with Crippen LogP contribution in [0, 0.1) is 0 Å². The second-order valence-corrected chi connectivity index (χ2v) is 5.44. The van der Waals surface area contributed by atoms with Crippen molar-refractivity contribution in [1.82, 2.24) is 10.6 Å². The van der Waals surface area contributed by atoms with E-state index in [1.165, 1.54) is 0 Å². The van der Waals surface area contributed by atoms with Crippen LogP contribution in [-0.4, -0.2) is 18.5 Å². The highest BCUT2D eigenvalue weighted by atomic mass is 16.5. The Kier molecular flexibility index (Phi) is 4.91. The van der Waals surface area contributed by atoms with Crippen LogP contribution in [-0.2, 0) is 17.9 Å². The highest BCUT2D eigenvalue weighted by molar-refractivity contribution is 5.98. The van der Waals surface area contributed by atoms with E-state index in [4.69, 9.17) is 4.74 Å². The summed E-state index contributed by atoms with van der Waals surface area (Å²) < 4.78 is 5.12. The van der Waals surface area contributed by atoms with Crippen molar-refractivity contribution in [3.63, 3.8) is 0 Å². The summed E-state index contributed by atoms with van der Waals surface area (Å²) in [7, 11) is 0. The lowest BCUT2D eigenvalue weighted by molar-refractivity contribution is 0.0965. The number of hydrogen-bond donors (Lipinski definition) is 2. The molecule has 0 unspecified atom stereocenters. The first-order chi connectivity index (χ1) is 11.7. The molecule has 0 spiro atoms. The molecule has 24 heavy (non-hydrogen) atoms. The van der Waals surface area contributed by atoms with Crippen LogP contribution in [0.5, 0.6) is 0 Å². The zero-order valence-electron chi connectivity index (χ0n) is 13.1. The van der Waals surface area contributed by atoms with Crippen molar-refractivity contribution in [2.45, 2.75) is 13.2 Å². The van der Waals surface area contributed by atoms with Crippen LogP contribution in [0.3, 0.4) is 0 Å². The van der Waals surface area contributed by atoms with Crippen molar-refractivity contribution in [3.8, 4) is 0 Å². The number of hydrogen-bond acceptors (Lipinski definition) is 3. The first-order valence-electron chi connectivity index (χ1n) is 7.74. The van der Waals surface area contributed by atoms with Crippen LogP contribution in [0.4, 0.5) is 4.79 Å². The first kappa shape index (κ1) is 15.8. The minimum absolute atomic E-state index is 0.0247. The molecule has 122 valence electrons. The van der Waals surface area contributed by atoms with Crippen molar-refractivity contribution >= 4 is 18.1 Å². The third-order valence-electron chi connectivity index (χ3n) is 3.70. The summed E-state index contributed by atoms with van der Waals surface area (Å²) in [6.45, 7) is 1.20. The Hall–Kier alpha value is -3.08. The Morgan fingerprint density at radius 3 is 2.88 bits per heavy atom. The zero-order valence-corrected chi connectivity index (χ0v) is 13.1. The number of rotatable bonds is 5. The van der Waals surface area contributed by atoms with Gasteiger partial charge in [0.25, 0.3) is 5.91 Å². The summed E-state index contributed by atoms with van der Waals surface area (Å²) in [6.07, 6.45) is 3.29. The molecule has 2 N–H and O–H groups in total. The molecule has 2 aromatic rings. The maximum absolute atomic E-state index is 11.6. The van der Waals surface area contributed by atoms with E-state index in [1.54, 1.807) is 0 Å². The summed E-state index contributed by atoms with van der Waals surface area (Å²) in [4.78, 5) is 23.1. The second kappa shape index (κ2) is 7.46. The third-order valence-corrected chi connectivity index (χ3v) is 3.70. The van der Waals surface area contributed by atoms with E-state index in [9.17, 15) is 9.59 Å². The Bertz CT molecular complexity index is 769. The molecule has 2 amide bonds. The SMILES string of the molecule is O=C(NCC=Cc1ccc2c(c1)CNC2=O)OCc1ccccc1. The lowest BCUT2D eigenvalue weighted by atomic mass is 10.1. The molecule has 0 atom stereocenters. The largest absolute Gasteiger partial charge is 0.445 e. The van der Waals surface area contributed by atoms with Gasteiger partial charge in [0.15, 0.2) is 0 Å². The fourth-order valence-corrected chi connectivity index (χ4v) is 2.47. The number of benzene rings is 2. The number of amides is 2. The van der Waals surface area contributed by atoms with Crippen molar-refractivity contribution in [3.05, 3.63) is 76.9 Å². The van der Waals surface area contributed by atoms with Gasteiger partial charge in [-0.05, 0) is 28.8 Å². The highest BCUT2D eigenvalue weighted by Gasteiger charge is 2.17. The van der Waals surface area contributed by atoms with Crippen LogP contribution >= 0.6 is 0 Å². The summed E-state index contributed by atoms with van der Waals surface area (Å²) in [5.74, 6) is -0.0247. The lowest BCUT2D eigenvalue weighted by Gasteiger charge is -2.05. The minimum Gasteiger partial charge on any atom is -0.445 e. The number of carbonyl (C=O) groups is 2. The molecular formula is C19H18N2O3. The summed E-state index contributed by atoms with van der Waals surface area (Å²) in [5, 5.41) is 5.45. The van der Waals surface area contributed by atoms with Crippen molar-refractivity contribution < 1.29 is 14.3 Å². The average molecular weight is 322 g/mol. The van der Waals surface area contributed by atoms with E-state index >= 15 is 0 Å². The summed E-state index contributed by atoms with van der Waals surface area (Å²) in [5.41, 5.74) is 3.67. The van der Waals surface area contributed by atoms with Crippen LogP contribution in [0.1, 0.15) is 27.0 Å². The van der Waals surface area contributed by atoms with Gasteiger partial charge in [-0.2, -0.15) is 0 Å². The van der Waals surface area contributed by atoms with Gasteiger partial charge in [0.1, 0.15) is 6.61 Å². The molecular weight excluding hydrogens is 304 g/mol. The van der Waals surface area contributed by atoms with Crippen LogP contribution in [0.15, 0.2) is 54.6 Å². The maximum atomic E-state index is 11.6. The number of alkyl carbamates (subject to hydrolysis) is 1. The van der Waals surface area contributed by atoms with Gasteiger partial charge in [-0.15, -0.1) is 0 Å². The van der Waals surface area contributed by atoms with E-state index in [0.29, 0.717) is 13.1 Å². The van der Waals surface area contributed by atoms with Crippen molar-refractivity contribution in [2.75, 3.05) is 6.54 Å². The maximum Gasteiger partial charge on any atom is 0.407 e. The van der Waals surface area contributed by atoms with Crippen LogP contribution in [0.2, 0.25) is 0 Å². The molecule has 0 saturated carbocycles. The molecule has 0 aromatic heterocycles. The average Bonchev–Trinajstić information content (AvgIpc) is 2.98. The van der Waals surface area contributed by atoms with Crippen LogP contribution < -0.4 is 10.6 Å². The predicted octanol–water partition coefficient (Wildman–Crippen LogP) is 2.87. The van der Waals surface area contributed by atoms with Gasteiger partial charge in [0.05, 0.1) is 0 Å². The second-order valence-electron chi connectivity index (χ2n) is 5.44. The monoisotopic (exact) mass is 322 g/mol. The smallest absolute Gasteiger partial charge is 0.407 e. The molecule has 0 saturated heterocycles. The fraction of sp³-hybridized carbons (Fsp3) is 0.158. The van der Waals surface area contributed by atoms with E-state index < -0.39 is 6.09 Å². The van der Waals surface area contributed by atoms with Gasteiger partial charge in [-0.1, -0.05) is 48.6 Å². The van der Waals surface area contributed by atoms with Gasteiger partial charge in [0.2, 0.25) is 0 Å². The Morgan fingerprint density at radius 1 is 1.21 bits per heavy atom. The first-order valence-corrected chi connectivity index (χ1v) is 7.74. The molecule has 3 rings (SSSR count). The van der Waals surface area contributed by atoms with Gasteiger partial charge >= 0.3 is 6.09 Å². The zero-order chi connectivity index (χ0) is 16.8. The fourth-order valence-electron chi connectivity index (χ4n) is 2.47. The molecule has 0 fully saturated rings. The molecule has 2 aromatic carbocycles. The van der Waals surface area contributed by atoms with Gasteiger partial charge in [-0.3, -0.25) is 4.79 Å². The Balaban J connectivity index is 1.43. The minimum atomic E-state index is -0.452. The molecule has 0 aliphatic carbocycles. The Morgan fingerprint density at radius 2 is 2.04 bits per heavy atom. The topological polar surface area (TPSA) is 67.4 Å². The quantitative estimate of drug-likeness (QED) is 0.889.